The zero-order valence-electron chi connectivity index (χ0n) is 18.6. The molecule has 3 heterocycles. The molecular formula is C22H25N5O5. The second kappa shape index (κ2) is 9.46. The number of aromatic nitrogens is 4. The number of hydrogen-bond donors (Lipinski definition) is 1. The maximum absolute atomic E-state index is 12.3. The lowest BCUT2D eigenvalue weighted by atomic mass is 10.2. The quantitative estimate of drug-likeness (QED) is 0.575. The van der Waals surface area contributed by atoms with Gasteiger partial charge in [-0.1, -0.05) is 0 Å². The molecule has 0 aliphatic rings. The molecule has 0 saturated carbocycles. The maximum atomic E-state index is 12.3. The molecule has 0 unspecified atom stereocenters. The summed E-state index contributed by atoms with van der Waals surface area (Å²) in [5.74, 6) is 0.239. The van der Waals surface area contributed by atoms with Crippen LogP contribution in [-0.2, 0) is 9.47 Å². The SMILES string of the molecule is CCOC(=O)c1cc(-c2ccc(NC(=O)OC(C)(C)C)nc2)n(-c2ccc(OC)nc2)n1. The summed E-state index contributed by atoms with van der Waals surface area (Å²) < 4.78 is 17.0. The van der Waals surface area contributed by atoms with Crippen LogP contribution in [0.4, 0.5) is 10.6 Å². The lowest BCUT2D eigenvalue weighted by molar-refractivity contribution is 0.0518. The van der Waals surface area contributed by atoms with Crippen molar-refractivity contribution in [1.29, 1.82) is 0 Å². The molecular weight excluding hydrogens is 414 g/mol. The molecule has 0 radical (unpaired) electrons. The Labute approximate surface area is 185 Å². The fraction of sp³-hybridized carbons (Fsp3) is 0.318. The molecule has 0 aliphatic heterocycles. The molecule has 3 aromatic rings. The van der Waals surface area contributed by atoms with Crippen molar-refractivity contribution in [2.24, 2.45) is 0 Å². The highest BCUT2D eigenvalue weighted by atomic mass is 16.6. The first-order chi connectivity index (χ1) is 15.2. The summed E-state index contributed by atoms with van der Waals surface area (Å²) in [6.07, 6.45) is 2.54. The monoisotopic (exact) mass is 439 g/mol. The lowest BCUT2D eigenvalue weighted by Gasteiger charge is -2.19. The largest absolute Gasteiger partial charge is 0.481 e. The van der Waals surface area contributed by atoms with E-state index >= 15 is 0 Å². The number of ether oxygens (including phenoxy) is 3. The van der Waals surface area contributed by atoms with Crippen molar-refractivity contribution in [2.75, 3.05) is 19.0 Å². The first kappa shape index (κ1) is 22.7. The number of carbonyl (C=O) groups excluding carboxylic acids is 2. The van der Waals surface area contributed by atoms with Crippen molar-refractivity contribution in [3.8, 4) is 22.8 Å². The third-order valence-electron chi connectivity index (χ3n) is 4.06. The van der Waals surface area contributed by atoms with Crippen LogP contribution in [0.15, 0.2) is 42.7 Å². The van der Waals surface area contributed by atoms with E-state index in [2.05, 4.69) is 20.4 Å². The Bertz CT molecular complexity index is 1090. The Kier molecular flexibility index (Phi) is 6.72. The van der Waals surface area contributed by atoms with Crippen LogP contribution in [-0.4, -0.2) is 51.1 Å². The molecule has 0 spiro atoms. The van der Waals surface area contributed by atoms with Crippen LogP contribution < -0.4 is 10.1 Å². The standard InChI is InChI=1S/C22H25N5O5/c1-6-31-20(28)16-11-17(27(26-16)15-8-10-19(30-5)24-13-15)14-7-9-18(23-12-14)25-21(29)32-22(2,3)4/h7-13H,6H2,1-5H3,(H,23,25,29). The van der Waals surface area contributed by atoms with E-state index in [0.29, 0.717) is 28.6 Å². The Hall–Kier alpha value is -3.95. The predicted molar refractivity (Wildman–Crippen MR) is 117 cm³/mol. The van der Waals surface area contributed by atoms with E-state index in [9.17, 15) is 9.59 Å². The van der Waals surface area contributed by atoms with E-state index in [1.165, 1.54) is 7.11 Å². The number of anilines is 1. The van der Waals surface area contributed by atoms with Gasteiger partial charge in [-0.05, 0) is 52.0 Å². The first-order valence-corrected chi connectivity index (χ1v) is 9.94. The van der Waals surface area contributed by atoms with E-state index in [4.69, 9.17) is 14.2 Å². The van der Waals surface area contributed by atoms with Crippen molar-refractivity contribution in [3.05, 3.63) is 48.4 Å². The van der Waals surface area contributed by atoms with Gasteiger partial charge in [-0.15, -0.1) is 0 Å². The highest BCUT2D eigenvalue weighted by Gasteiger charge is 2.19. The van der Waals surface area contributed by atoms with E-state index < -0.39 is 17.7 Å². The van der Waals surface area contributed by atoms with Crippen LogP contribution >= 0.6 is 0 Å². The van der Waals surface area contributed by atoms with Crippen molar-refractivity contribution in [3.63, 3.8) is 0 Å². The number of carbonyl (C=O) groups is 2. The Morgan fingerprint density at radius 1 is 1.09 bits per heavy atom. The number of nitrogens with zero attached hydrogens (tertiary/aromatic N) is 4. The average Bonchev–Trinajstić information content (AvgIpc) is 3.19. The molecule has 0 aromatic carbocycles. The second-order valence-corrected chi connectivity index (χ2v) is 7.66. The van der Waals surface area contributed by atoms with Crippen molar-refractivity contribution >= 4 is 17.9 Å². The van der Waals surface area contributed by atoms with Gasteiger partial charge in [0.15, 0.2) is 5.69 Å². The molecule has 3 rings (SSSR count). The van der Waals surface area contributed by atoms with Gasteiger partial charge >= 0.3 is 12.1 Å². The fourth-order valence-corrected chi connectivity index (χ4v) is 2.73. The minimum Gasteiger partial charge on any atom is -0.481 e. The highest BCUT2D eigenvalue weighted by Crippen LogP contribution is 2.25. The summed E-state index contributed by atoms with van der Waals surface area (Å²) in [5, 5.41) is 6.97. The van der Waals surface area contributed by atoms with Gasteiger partial charge in [-0.2, -0.15) is 5.10 Å². The van der Waals surface area contributed by atoms with E-state index in [0.717, 1.165) is 0 Å². The van der Waals surface area contributed by atoms with E-state index in [-0.39, 0.29) is 12.3 Å². The van der Waals surface area contributed by atoms with Crippen LogP contribution in [0.5, 0.6) is 5.88 Å². The molecule has 0 atom stereocenters. The summed E-state index contributed by atoms with van der Waals surface area (Å²) >= 11 is 0. The molecule has 10 heteroatoms. The predicted octanol–water partition coefficient (Wildman–Crippen LogP) is 3.86. The van der Waals surface area contributed by atoms with Crippen LogP contribution in [0.1, 0.15) is 38.2 Å². The van der Waals surface area contributed by atoms with Crippen molar-refractivity contribution in [2.45, 2.75) is 33.3 Å². The minimum atomic E-state index is -0.619. The molecule has 168 valence electrons. The normalized spacial score (nSPS) is 11.0. The van der Waals surface area contributed by atoms with Gasteiger partial charge in [0, 0.05) is 17.8 Å². The van der Waals surface area contributed by atoms with Gasteiger partial charge in [-0.3, -0.25) is 5.32 Å². The molecule has 0 aliphatic carbocycles. The summed E-state index contributed by atoms with van der Waals surface area (Å²) in [7, 11) is 1.53. The van der Waals surface area contributed by atoms with Gasteiger partial charge in [0.1, 0.15) is 11.4 Å². The summed E-state index contributed by atoms with van der Waals surface area (Å²) in [4.78, 5) is 32.7. The number of pyridine rings is 2. The Morgan fingerprint density at radius 2 is 1.88 bits per heavy atom. The number of hydrogen-bond acceptors (Lipinski definition) is 8. The van der Waals surface area contributed by atoms with Crippen LogP contribution in [0.2, 0.25) is 0 Å². The van der Waals surface area contributed by atoms with E-state index in [1.807, 2.05) is 0 Å². The summed E-state index contributed by atoms with van der Waals surface area (Å²) in [5.41, 5.74) is 1.41. The average molecular weight is 439 g/mol. The fourth-order valence-electron chi connectivity index (χ4n) is 2.73. The molecule has 1 amide bonds. The van der Waals surface area contributed by atoms with Crippen LogP contribution in [0, 0.1) is 0 Å². The van der Waals surface area contributed by atoms with Gasteiger partial charge in [0.25, 0.3) is 0 Å². The Morgan fingerprint density at radius 3 is 2.44 bits per heavy atom. The van der Waals surface area contributed by atoms with Gasteiger partial charge < -0.3 is 14.2 Å². The van der Waals surface area contributed by atoms with Gasteiger partial charge in [-0.25, -0.2) is 24.2 Å². The smallest absolute Gasteiger partial charge is 0.413 e. The highest BCUT2D eigenvalue weighted by molar-refractivity contribution is 5.89. The minimum absolute atomic E-state index is 0.147. The summed E-state index contributed by atoms with van der Waals surface area (Å²) in [6.45, 7) is 7.29. The zero-order valence-corrected chi connectivity index (χ0v) is 18.6. The molecule has 3 aromatic heterocycles. The molecule has 1 N–H and O–H groups in total. The van der Waals surface area contributed by atoms with E-state index in [1.54, 1.807) is 75.1 Å². The number of nitrogens with one attached hydrogen (secondary N) is 1. The van der Waals surface area contributed by atoms with Crippen LogP contribution in [0.25, 0.3) is 16.9 Å². The topological polar surface area (TPSA) is 117 Å². The third-order valence-corrected chi connectivity index (χ3v) is 4.06. The number of amides is 1. The third kappa shape index (κ3) is 5.60. The molecule has 0 saturated heterocycles. The lowest BCUT2D eigenvalue weighted by Crippen LogP contribution is -2.27. The number of methoxy groups -OCH3 is 1. The van der Waals surface area contributed by atoms with Crippen molar-refractivity contribution in [1.82, 2.24) is 19.7 Å². The molecule has 0 fully saturated rings. The molecule has 10 nitrogen and oxygen atoms in total. The van der Waals surface area contributed by atoms with Gasteiger partial charge in [0.05, 0.1) is 31.3 Å². The number of rotatable bonds is 6. The first-order valence-electron chi connectivity index (χ1n) is 9.94. The number of esters is 1. The Balaban J connectivity index is 1.93. The van der Waals surface area contributed by atoms with Gasteiger partial charge in [0.2, 0.25) is 5.88 Å². The zero-order chi connectivity index (χ0) is 23.3. The van der Waals surface area contributed by atoms with Crippen molar-refractivity contribution < 1.29 is 23.8 Å². The maximum Gasteiger partial charge on any atom is 0.413 e. The molecule has 32 heavy (non-hydrogen) atoms. The van der Waals surface area contributed by atoms with Crippen LogP contribution in [0.3, 0.4) is 0 Å². The molecule has 0 bridgehead atoms. The summed E-state index contributed by atoms with van der Waals surface area (Å²) in [6, 6.07) is 8.45. The second-order valence-electron chi connectivity index (χ2n) is 7.66.